The number of fused-ring (bicyclic) bond motifs is 1. The third-order valence-electron chi connectivity index (χ3n) is 7.15. The van der Waals surface area contributed by atoms with Gasteiger partial charge in [0.1, 0.15) is 22.4 Å². The zero-order chi connectivity index (χ0) is 15.5. The predicted molar refractivity (Wildman–Crippen MR) is 70.2 cm³/mol. The Bertz CT molecular complexity index is 546. The summed E-state index contributed by atoms with van der Waals surface area (Å²) in [7, 11) is 0. The second-order valence-electron chi connectivity index (χ2n) is 7.83. The minimum Gasteiger partial charge on any atom is -0.455 e. The fraction of sp³-hybridized carbons (Fsp3) is 0.933. The van der Waals surface area contributed by atoms with Crippen molar-refractivity contribution in [3.63, 3.8) is 0 Å². The van der Waals surface area contributed by atoms with Crippen molar-refractivity contribution in [1.29, 1.82) is 0 Å². The quantitative estimate of drug-likeness (QED) is 0.533. The minimum atomic E-state index is -1.55. The molecular formula is C15H22O6. The van der Waals surface area contributed by atoms with Crippen molar-refractivity contribution >= 4 is 5.97 Å². The first-order valence-electron chi connectivity index (χ1n) is 7.55. The van der Waals surface area contributed by atoms with Crippen LogP contribution >= 0.6 is 0 Å². The average molecular weight is 298 g/mol. The first-order chi connectivity index (χ1) is 9.56. The SMILES string of the molecule is CC1CC(O)C23OCC2(C)C(C)(O)C2(O)CC(=O)OC13C2. The van der Waals surface area contributed by atoms with Gasteiger partial charge in [0.15, 0.2) is 0 Å². The van der Waals surface area contributed by atoms with Gasteiger partial charge in [0.2, 0.25) is 0 Å². The molecule has 0 aromatic heterocycles. The molecule has 6 nitrogen and oxygen atoms in total. The standard InChI is InChI=1S/C15H22O6/c1-8-4-9(16)15-11(2,7-20-15)12(3,18)13(19)5-10(17)21-14(8,15)6-13/h8-9,16,18-19H,4-7H2,1-3H3. The maximum Gasteiger partial charge on any atom is 0.309 e. The smallest absolute Gasteiger partial charge is 0.309 e. The molecule has 6 heteroatoms. The summed E-state index contributed by atoms with van der Waals surface area (Å²) >= 11 is 0. The number of carbonyl (C=O) groups excluding carboxylic acids is 1. The van der Waals surface area contributed by atoms with Crippen molar-refractivity contribution in [2.75, 3.05) is 6.61 Å². The van der Waals surface area contributed by atoms with Gasteiger partial charge in [0.25, 0.3) is 0 Å². The van der Waals surface area contributed by atoms with E-state index in [-0.39, 0.29) is 25.4 Å². The van der Waals surface area contributed by atoms with E-state index in [1.54, 1.807) is 6.92 Å². The second-order valence-corrected chi connectivity index (χ2v) is 7.83. The number of hydrogen-bond acceptors (Lipinski definition) is 6. The van der Waals surface area contributed by atoms with E-state index in [9.17, 15) is 20.1 Å². The molecule has 0 amide bonds. The lowest BCUT2D eigenvalue weighted by Gasteiger charge is -2.75. The Morgan fingerprint density at radius 2 is 1.95 bits per heavy atom. The van der Waals surface area contributed by atoms with E-state index in [1.807, 2.05) is 13.8 Å². The van der Waals surface area contributed by atoms with Crippen molar-refractivity contribution in [1.82, 2.24) is 0 Å². The van der Waals surface area contributed by atoms with E-state index < -0.39 is 39.9 Å². The van der Waals surface area contributed by atoms with Crippen LogP contribution in [0.5, 0.6) is 0 Å². The van der Waals surface area contributed by atoms with Crippen molar-refractivity contribution in [2.24, 2.45) is 11.3 Å². The fourth-order valence-corrected chi connectivity index (χ4v) is 5.69. The van der Waals surface area contributed by atoms with Crippen molar-refractivity contribution in [2.45, 2.75) is 68.5 Å². The molecule has 2 aliphatic heterocycles. The minimum absolute atomic E-state index is 0.104. The van der Waals surface area contributed by atoms with Crippen LogP contribution in [0.4, 0.5) is 0 Å². The Balaban J connectivity index is 2.01. The van der Waals surface area contributed by atoms with Gasteiger partial charge in [0.05, 0.1) is 24.5 Å². The van der Waals surface area contributed by atoms with Gasteiger partial charge in [-0.25, -0.2) is 0 Å². The first-order valence-corrected chi connectivity index (χ1v) is 7.55. The third-order valence-corrected chi connectivity index (χ3v) is 7.15. The Kier molecular flexibility index (Phi) is 2.19. The molecule has 2 heterocycles. The molecule has 118 valence electrons. The van der Waals surface area contributed by atoms with Crippen LogP contribution in [0.2, 0.25) is 0 Å². The molecule has 2 aliphatic carbocycles. The van der Waals surface area contributed by atoms with Gasteiger partial charge >= 0.3 is 5.97 Å². The summed E-state index contributed by atoms with van der Waals surface area (Å²) in [4.78, 5) is 12.1. The molecule has 3 N–H and O–H groups in total. The molecule has 2 saturated carbocycles. The molecule has 4 aliphatic rings. The van der Waals surface area contributed by atoms with Gasteiger partial charge < -0.3 is 24.8 Å². The van der Waals surface area contributed by atoms with E-state index in [0.717, 1.165) is 0 Å². The molecule has 7 unspecified atom stereocenters. The van der Waals surface area contributed by atoms with Crippen LogP contribution in [0.1, 0.15) is 40.0 Å². The maximum atomic E-state index is 12.1. The number of hydrogen-bond donors (Lipinski definition) is 3. The lowest BCUT2D eigenvalue weighted by molar-refractivity contribution is -0.447. The Morgan fingerprint density at radius 1 is 1.29 bits per heavy atom. The Morgan fingerprint density at radius 3 is 2.52 bits per heavy atom. The first kappa shape index (κ1) is 13.9. The number of carbonyl (C=O) groups is 1. The summed E-state index contributed by atoms with van der Waals surface area (Å²) in [5.41, 5.74) is -6.15. The number of rotatable bonds is 0. The van der Waals surface area contributed by atoms with Crippen LogP contribution in [0.25, 0.3) is 0 Å². The number of aliphatic hydroxyl groups excluding tert-OH is 1. The molecular weight excluding hydrogens is 276 g/mol. The molecule has 7 atom stereocenters. The monoisotopic (exact) mass is 298 g/mol. The Hall–Kier alpha value is -0.690. The number of ether oxygens (including phenoxy) is 2. The van der Waals surface area contributed by atoms with E-state index in [4.69, 9.17) is 9.47 Å². The molecule has 4 rings (SSSR count). The van der Waals surface area contributed by atoms with E-state index in [1.165, 1.54) is 0 Å². The van der Waals surface area contributed by atoms with Gasteiger partial charge in [-0.1, -0.05) is 13.8 Å². The molecule has 2 spiro atoms. The number of esters is 1. The highest BCUT2D eigenvalue weighted by molar-refractivity contribution is 5.74. The zero-order valence-electron chi connectivity index (χ0n) is 12.5. The lowest BCUT2D eigenvalue weighted by Crippen LogP contribution is -2.91. The second kappa shape index (κ2) is 3.30. The van der Waals surface area contributed by atoms with Crippen LogP contribution in [0, 0.1) is 11.3 Å². The third kappa shape index (κ3) is 1.05. The Labute approximate surface area is 123 Å². The summed E-state index contributed by atoms with van der Waals surface area (Å²) < 4.78 is 11.5. The normalized spacial score (nSPS) is 65.1. The summed E-state index contributed by atoms with van der Waals surface area (Å²) in [6.45, 7) is 5.50. The van der Waals surface area contributed by atoms with Gasteiger partial charge in [-0.15, -0.1) is 0 Å². The predicted octanol–water partition coefficient (Wildman–Crippen LogP) is -0.266. The highest BCUT2D eigenvalue weighted by Crippen LogP contribution is 2.73. The van der Waals surface area contributed by atoms with Gasteiger partial charge in [-0.05, 0) is 13.3 Å². The molecule has 2 bridgehead atoms. The highest BCUT2D eigenvalue weighted by Gasteiger charge is 2.89. The number of aliphatic hydroxyl groups is 3. The lowest BCUT2D eigenvalue weighted by atomic mass is 9.42. The van der Waals surface area contributed by atoms with E-state index >= 15 is 0 Å². The van der Waals surface area contributed by atoms with Crippen LogP contribution < -0.4 is 0 Å². The summed E-state index contributed by atoms with van der Waals surface area (Å²) in [5, 5.41) is 32.8. The van der Waals surface area contributed by atoms with Gasteiger partial charge in [-0.3, -0.25) is 4.79 Å². The molecule has 4 fully saturated rings. The summed E-state index contributed by atoms with van der Waals surface area (Å²) in [5.74, 6) is -0.680. The van der Waals surface area contributed by atoms with Crippen LogP contribution in [-0.4, -0.2) is 56.4 Å². The molecule has 0 aromatic rings. The fourth-order valence-electron chi connectivity index (χ4n) is 5.69. The van der Waals surface area contributed by atoms with Gasteiger partial charge in [-0.2, -0.15) is 0 Å². The summed E-state index contributed by atoms with van der Waals surface area (Å²) in [6.07, 6.45) is -0.522. The van der Waals surface area contributed by atoms with Crippen LogP contribution in [0.15, 0.2) is 0 Å². The average Bonchev–Trinajstić information content (AvgIpc) is 2.54. The van der Waals surface area contributed by atoms with Crippen LogP contribution in [-0.2, 0) is 14.3 Å². The van der Waals surface area contributed by atoms with E-state index in [0.29, 0.717) is 6.42 Å². The van der Waals surface area contributed by atoms with E-state index in [2.05, 4.69) is 0 Å². The van der Waals surface area contributed by atoms with Crippen molar-refractivity contribution in [3.05, 3.63) is 0 Å². The molecule has 2 saturated heterocycles. The topological polar surface area (TPSA) is 96.2 Å². The largest absolute Gasteiger partial charge is 0.455 e. The molecule has 0 radical (unpaired) electrons. The summed E-state index contributed by atoms with van der Waals surface area (Å²) in [6, 6.07) is 0. The van der Waals surface area contributed by atoms with Gasteiger partial charge in [0, 0.05) is 12.3 Å². The maximum absolute atomic E-state index is 12.1. The van der Waals surface area contributed by atoms with Crippen molar-refractivity contribution < 1.29 is 29.6 Å². The highest BCUT2D eigenvalue weighted by atomic mass is 16.6. The molecule has 0 aromatic carbocycles. The zero-order valence-corrected chi connectivity index (χ0v) is 12.5. The van der Waals surface area contributed by atoms with Crippen LogP contribution in [0.3, 0.4) is 0 Å². The molecule has 21 heavy (non-hydrogen) atoms. The van der Waals surface area contributed by atoms with Crippen molar-refractivity contribution in [3.8, 4) is 0 Å².